The zero-order valence-corrected chi connectivity index (χ0v) is 23.0. The molecule has 4 aromatic rings. The van der Waals surface area contributed by atoms with Gasteiger partial charge in [-0.15, -0.1) is 6.42 Å². The fraction of sp³-hybridized carbons (Fsp3) is 0.387. The van der Waals surface area contributed by atoms with Crippen LogP contribution in [0, 0.1) is 18.2 Å². The molecule has 0 aliphatic carbocycles. The number of ether oxygens (including phenoxy) is 2. The number of aromatic nitrogens is 3. The Labute approximate surface area is 237 Å². The highest BCUT2D eigenvalue weighted by Crippen LogP contribution is 2.44. The highest BCUT2D eigenvalue weighted by atomic mass is 19.1. The number of nitrogens with one attached hydrogen (secondary N) is 1. The summed E-state index contributed by atoms with van der Waals surface area (Å²) in [4.78, 5) is 18.3. The van der Waals surface area contributed by atoms with E-state index >= 15 is 4.39 Å². The number of pyridine rings is 1. The minimum Gasteiger partial charge on any atom is -0.508 e. The molecule has 3 atom stereocenters. The second-order valence-electron chi connectivity index (χ2n) is 11.1. The Morgan fingerprint density at radius 3 is 2.93 bits per heavy atom. The normalized spacial score (nSPS) is 20.8. The summed E-state index contributed by atoms with van der Waals surface area (Å²) in [7, 11) is 1.97. The molecule has 0 radical (unpaired) electrons. The number of anilines is 1. The van der Waals surface area contributed by atoms with Crippen molar-refractivity contribution in [3.8, 4) is 41.2 Å². The van der Waals surface area contributed by atoms with Crippen molar-refractivity contribution >= 4 is 27.5 Å². The Morgan fingerprint density at radius 2 is 2.12 bits per heavy atom. The molecule has 41 heavy (non-hydrogen) atoms. The van der Waals surface area contributed by atoms with E-state index < -0.39 is 5.82 Å². The second kappa shape index (κ2) is 10.0. The summed E-state index contributed by atoms with van der Waals surface area (Å²) in [5.41, 5.74) is 0.981. The quantitative estimate of drug-likeness (QED) is 0.259. The Kier molecular flexibility index (Phi) is 6.29. The van der Waals surface area contributed by atoms with Crippen LogP contribution in [0.5, 0.6) is 17.6 Å². The van der Waals surface area contributed by atoms with Gasteiger partial charge in [0.2, 0.25) is 5.88 Å². The van der Waals surface area contributed by atoms with Crippen molar-refractivity contribution in [3.05, 3.63) is 41.7 Å². The lowest BCUT2D eigenvalue weighted by Crippen LogP contribution is -2.73. The predicted molar refractivity (Wildman–Crippen MR) is 155 cm³/mol. The molecule has 2 bridgehead atoms. The smallest absolute Gasteiger partial charge is 0.320 e. The molecular weight excluding hydrogens is 523 g/mol. The largest absolute Gasteiger partial charge is 0.508 e. The molecular formula is C31H31FN6O3. The number of phenolic OH excluding ortho intramolecular Hbond substituents is 1. The van der Waals surface area contributed by atoms with Crippen LogP contribution in [0.4, 0.5) is 10.2 Å². The van der Waals surface area contributed by atoms with Crippen molar-refractivity contribution in [2.24, 2.45) is 0 Å². The average Bonchev–Trinajstić information content (AvgIpc) is 3.12. The Hall–Kier alpha value is -4.20. The lowest BCUT2D eigenvalue weighted by atomic mass is 9.85. The number of halogens is 1. The van der Waals surface area contributed by atoms with Crippen LogP contribution in [-0.4, -0.2) is 76.6 Å². The highest BCUT2D eigenvalue weighted by molar-refractivity contribution is 6.04. The number of phenols is 1. The predicted octanol–water partition coefficient (Wildman–Crippen LogP) is 4.05. The number of benzene rings is 2. The lowest BCUT2D eigenvalue weighted by molar-refractivity contribution is 0.134. The van der Waals surface area contributed by atoms with Gasteiger partial charge in [0.1, 0.15) is 41.5 Å². The van der Waals surface area contributed by atoms with Crippen molar-refractivity contribution in [2.75, 3.05) is 38.4 Å². The summed E-state index contributed by atoms with van der Waals surface area (Å²) in [6.45, 7) is 4.35. The third-order valence-corrected chi connectivity index (χ3v) is 8.33. The summed E-state index contributed by atoms with van der Waals surface area (Å²) >= 11 is 0. The molecule has 4 aliphatic heterocycles. The molecule has 4 aliphatic rings. The first-order valence-electron chi connectivity index (χ1n) is 14.1. The molecule has 0 amide bonds. The first-order chi connectivity index (χ1) is 19.9. The first-order valence-corrected chi connectivity index (χ1v) is 14.1. The summed E-state index contributed by atoms with van der Waals surface area (Å²) in [5, 5.41) is 15.9. The number of aromatic hydroxyl groups is 1. The molecule has 0 spiro atoms. The van der Waals surface area contributed by atoms with E-state index in [1.54, 1.807) is 18.2 Å². The summed E-state index contributed by atoms with van der Waals surface area (Å²) in [6, 6.07) is 9.17. The van der Waals surface area contributed by atoms with Gasteiger partial charge in [0.15, 0.2) is 5.82 Å². The number of nitrogens with zero attached hydrogens (tertiary/aromatic N) is 5. The molecule has 2 aromatic heterocycles. The van der Waals surface area contributed by atoms with Gasteiger partial charge in [-0.25, -0.2) is 9.37 Å². The molecule has 2 aromatic carbocycles. The number of piperazine rings is 1. The molecule has 9 nitrogen and oxygen atoms in total. The topological polar surface area (TPSA) is 95.9 Å². The number of fused-ring (bicyclic) bond motifs is 1. The van der Waals surface area contributed by atoms with Gasteiger partial charge >= 0.3 is 6.01 Å². The standard InChI is InChI=1S/C31H31FN6O3/c1-4-6-10-37(3)16-41-31-35-28-25-29(36-31)38-14-19-12-22(33-19)23(38)15-40-30(25)34-27(26(28)32)21-13-20(39)11-18-9-7-8-17(5-2)24(18)21/h2,7-9,11,13,19,22-23,33,39H,4,6,10,12,14-16H2,1,3H3. The van der Waals surface area contributed by atoms with E-state index in [1.165, 1.54) is 6.07 Å². The number of rotatable bonds is 7. The Bertz CT molecular complexity index is 1720. The maximum Gasteiger partial charge on any atom is 0.320 e. The Morgan fingerprint density at radius 1 is 1.27 bits per heavy atom. The SMILES string of the molecule is C#Cc1cccc2cc(O)cc(-c3nc4c5c(nc(OCN(C)CCCC)nc5c3F)N3CC5CC(N5)C3CO4)c12. The zero-order valence-electron chi connectivity index (χ0n) is 23.0. The number of hydrogen-bond acceptors (Lipinski definition) is 9. The molecule has 0 saturated carbocycles. The second-order valence-corrected chi connectivity index (χ2v) is 11.1. The lowest BCUT2D eigenvalue weighted by Gasteiger charge is -2.53. The van der Waals surface area contributed by atoms with Crippen molar-refractivity contribution < 1.29 is 19.0 Å². The van der Waals surface area contributed by atoms with Gasteiger partial charge in [-0.05, 0) is 43.5 Å². The number of piperidine rings is 1. The van der Waals surface area contributed by atoms with E-state index in [0.29, 0.717) is 45.8 Å². The molecule has 3 fully saturated rings. The van der Waals surface area contributed by atoms with Crippen molar-refractivity contribution in [1.29, 1.82) is 0 Å². The van der Waals surface area contributed by atoms with Crippen LogP contribution >= 0.6 is 0 Å². The van der Waals surface area contributed by atoms with E-state index in [2.05, 4.69) is 28.0 Å². The van der Waals surface area contributed by atoms with Crippen LogP contribution in [0.3, 0.4) is 0 Å². The van der Waals surface area contributed by atoms with E-state index in [-0.39, 0.29) is 47.7 Å². The van der Waals surface area contributed by atoms with Gasteiger partial charge in [-0.1, -0.05) is 31.4 Å². The highest BCUT2D eigenvalue weighted by Gasteiger charge is 2.47. The average molecular weight is 555 g/mol. The molecule has 3 unspecified atom stereocenters. The summed E-state index contributed by atoms with van der Waals surface area (Å²) in [5.74, 6) is 2.82. The van der Waals surface area contributed by atoms with Gasteiger partial charge in [0.25, 0.3) is 0 Å². The number of terminal acetylenes is 1. The minimum atomic E-state index is -0.655. The molecule has 10 heteroatoms. The van der Waals surface area contributed by atoms with Gasteiger partial charge in [0, 0.05) is 41.7 Å². The maximum absolute atomic E-state index is 16.7. The maximum atomic E-state index is 16.7. The number of unbranched alkanes of at least 4 members (excludes halogenated alkanes) is 1. The molecule has 8 rings (SSSR count). The molecule has 3 saturated heterocycles. The molecule has 210 valence electrons. The van der Waals surface area contributed by atoms with E-state index in [1.807, 2.05) is 18.0 Å². The van der Waals surface area contributed by atoms with E-state index in [9.17, 15) is 5.11 Å². The minimum absolute atomic E-state index is 0.00550. The summed E-state index contributed by atoms with van der Waals surface area (Å²) < 4.78 is 29.0. The number of hydrogen-bond donors (Lipinski definition) is 2. The van der Waals surface area contributed by atoms with Crippen molar-refractivity contribution in [3.63, 3.8) is 0 Å². The van der Waals surface area contributed by atoms with Crippen LogP contribution in [0.1, 0.15) is 31.7 Å². The van der Waals surface area contributed by atoms with Crippen LogP contribution in [0.2, 0.25) is 0 Å². The van der Waals surface area contributed by atoms with Crippen LogP contribution in [0.15, 0.2) is 30.3 Å². The van der Waals surface area contributed by atoms with Crippen molar-refractivity contribution in [1.82, 2.24) is 25.2 Å². The Balaban J connectivity index is 1.43. The fourth-order valence-corrected chi connectivity index (χ4v) is 6.22. The summed E-state index contributed by atoms with van der Waals surface area (Å²) in [6.07, 6.45) is 8.99. The van der Waals surface area contributed by atoms with Gasteiger partial charge in [0.05, 0.1) is 6.04 Å². The van der Waals surface area contributed by atoms with E-state index in [4.69, 9.17) is 25.9 Å². The van der Waals surface area contributed by atoms with Gasteiger partial charge in [-0.2, -0.15) is 9.97 Å². The van der Waals surface area contributed by atoms with Gasteiger partial charge in [-0.3, -0.25) is 4.90 Å². The zero-order chi connectivity index (χ0) is 28.2. The molecule has 2 N–H and O–H groups in total. The third-order valence-electron chi connectivity index (χ3n) is 8.33. The van der Waals surface area contributed by atoms with Crippen LogP contribution in [0.25, 0.3) is 32.9 Å². The van der Waals surface area contributed by atoms with Crippen LogP contribution in [-0.2, 0) is 0 Å². The van der Waals surface area contributed by atoms with Crippen LogP contribution < -0.4 is 19.7 Å². The first kappa shape index (κ1) is 25.7. The fourth-order valence-electron chi connectivity index (χ4n) is 6.22. The van der Waals surface area contributed by atoms with E-state index in [0.717, 1.165) is 32.4 Å². The van der Waals surface area contributed by atoms with Crippen molar-refractivity contribution in [2.45, 2.75) is 44.3 Å². The monoisotopic (exact) mass is 554 g/mol. The molecule has 6 heterocycles. The third kappa shape index (κ3) is 4.28. The van der Waals surface area contributed by atoms with Gasteiger partial charge < -0.3 is 24.8 Å².